The second-order valence-corrected chi connectivity index (χ2v) is 3.40. The standard InChI is InChI=1S/C9H11N3O/c1-6(2)12-8-3-4-10-11-7(8)5-9(12)13/h3-4,6H,5H2,1-2H3. The highest BCUT2D eigenvalue weighted by atomic mass is 16.2. The summed E-state index contributed by atoms with van der Waals surface area (Å²) in [7, 11) is 0. The number of carbonyl (C=O) groups excluding carboxylic acids is 1. The number of rotatable bonds is 1. The molecule has 0 fully saturated rings. The zero-order valence-electron chi connectivity index (χ0n) is 7.69. The molecule has 68 valence electrons. The number of fused-ring (bicyclic) bond motifs is 1. The Hall–Kier alpha value is -1.45. The van der Waals surface area contributed by atoms with Crippen molar-refractivity contribution in [2.24, 2.45) is 0 Å². The van der Waals surface area contributed by atoms with Gasteiger partial charge in [0, 0.05) is 6.04 Å². The lowest BCUT2D eigenvalue weighted by Gasteiger charge is -2.20. The highest BCUT2D eigenvalue weighted by Gasteiger charge is 2.30. The average molecular weight is 177 g/mol. The van der Waals surface area contributed by atoms with E-state index in [1.807, 2.05) is 19.9 Å². The molecule has 0 bridgehead atoms. The average Bonchev–Trinajstić information content (AvgIpc) is 2.39. The molecule has 2 heterocycles. The van der Waals surface area contributed by atoms with E-state index in [0.717, 1.165) is 11.4 Å². The van der Waals surface area contributed by atoms with E-state index >= 15 is 0 Å². The van der Waals surface area contributed by atoms with Crippen LogP contribution in [0.2, 0.25) is 0 Å². The van der Waals surface area contributed by atoms with Gasteiger partial charge >= 0.3 is 0 Å². The topological polar surface area (TPSA) is 46.1 Å². The van der Waals surface area contributed by atoms with Gasteiger partial charge in [-0.3, -0.25) is 4.79 Å². The van der Waals surface area contributed by atoms with Gasteiger partial charge in [-0.25, -0.2) is 0 Å². The molecule has 4 nitrogen and oxygen atoms in total. The molecule has 0 radical (unpaired) electrons. The van der Waals surface area contributed by atoms with Gasteiger partial charge in [0.05, 0.1) is 24.0 Å². The number of hydrogen-bond donors (Lipinski definition) is 0. The predicted octanol–water partition coefficient (Wildman–Crippen LogP) is 0.774. The first-order chi connectivity index (χ1) is 6.20. The number of amides is 1. The summed E-state index contributed by atoms with van der Waals surface area (Å²) in [6.07, 6.45) is 2.01. The van der Waals surface area contributed by atoms with Crippen LogP contribution >= 0.6 is 0 Å². The molecule has 2 rings (SSSR count). The third-order valence-electron chi connectivity index (χ3n) is 2.14. The van der Waals surface area contributed by atoms with Crippen molar-refractivity contribution in [1.29, 1.82) is 0 Å². The maximum atomic E-state index is 11.5. The highest BCUT2D eigenvalue weighted by molar-refractivity contribution is 6.00. The van der Waals surface area contributed by atoms with Crippen LogP contribution in [0.25, 0.3) is 0 Å². The number of hydrogen-bond acceptors (Lipinski definition) is 3. The largest absolute Gasteiger partial charge is 0.308 e. The van der Waals surface area contributed by atoms with Crippen LogP contribution in [0.1, 0.15) is 19.5 Å². The molecular formula is C9H11N3O. The van der Waals surface area contributed by atoms with Crippen molar-refractivity contribution in [2.45, 2.75) is 26.3 Å². The Bertz CT molecular complexity index is 348. The summed E-state index contributed by atoms with van der Waals surface area (Å²) >= 11 is 0. The second-order valence-electron chi connectivity index (χ2n) is 3.40. The van der Waals surface area contributed by atoms with Gasteiger partial charge in [0.15, 0.2) is 0 Å². The summed E-state index contributed by atoms with van der Waals surface area (Å²) in [5.74, 6) is 0.116. The molecule has 0 aliphatic carbocycles. The zero-order valence-corrected chi connectivity index (χ0v) is 7.69. The van der Waals surface area contributed by atoms with E-state index in [4.69, 9.17) is 0 Å². The van der Waals surface area contributed by atoms with Crippen LogP contribution in [0.3, 0.4) is 0 Å². The molecule has 4 heteroatoms. The minimum absolute atomic E-state index is 0.116. The van der Waals surface area contributed by atoms with E-state index in [1.54, 1.807) is 11.1 Å². The molecule has 0 spiro atoms. The van der Waals surface area contributed by atoms with Gasteiger partial charge in [-0.2, -0.15) is 10.2 Å². The fourth-order valence-corrected chi connectivity index (χ4v) is 1.63. The van der Waals surface area contributed by atoms with Gasteiger partial charge in [0.1, 0.15) is 0 Å². The Labute approximate surface area is 76.6 Å². The Morgan fingerprint density at radius 1 is 1.54 bits per heavy atom. The molecule has 13 heavy (non-hydrogen) atoms. The third-order valence-corrected chi connectivity index (χ3v) is 2.14. The molecule has 1 aliphatic heterocycles. The van der Waals surface area contributed by atoms with Crippen LogP contribution in [0, 0.1) is 0 Å². The Morgan fingerprint density at radius 2 is 2.31 bits per heavy atom. The smallest absolute Gasteiger partial charge is 0.233 e. The van der Waals surface area contributed by atoms with Gasteiger partial charge in [-0.05, 0) is 19.9 Å². The maximum absolute atomic E-state index is 11.5. The van der Waals surface area contributed by atoms with E-state index in [0.29, 0.717) is 6.42 Å². The van der Waals surface area contributed by atoms with Gasteiger partial charge in [-0.15, -0.1) is 0 Å². The molecule has 1 aromatic rings. The minimum Gasteiger partial charge on any atom is -0.308 e. The molecule has 0 saturated carbocycles. The summed E-state index contributed by atoms with van der Waals surface area (Å²) < 4.78 is 0. The van der Waals surface area contributed by atoms with Crippen molar-refractivity contribution in [3.8, 4) is 0 Å². The van der Waals surface area contributed by atoms with Crippen LogP contribution in [-0.4, -0.2) is 22.1 Å². The van der Waals surface area contributed by atoms with Crippen LogP contribution in [0.15, 0.2) is 12.3 Å². The lowest BCUT2D eigenvalue weighted by Crippen LogP contribution is -2.33. The molecule has 0 unspecified atom stereocenters. The first-order valence-corrected chi connectivity index (χ1v) is 4.33. The monoisotopic (exact) mass is 177 g/mol. The fourth-order valence-electron chi connectivity index (χ4n) is 1.63. The van der Waals surface area contributed by atoms with Crippen LogP contribution in [0.4, 0.5) is 5.69 Å². The molecular weight excluding hydrogens is 166 g/mol. The van der Waals surface area contributed by atoms with Gasteiger partial charge < -0.3 is 4.90 Å². The lowest BCUT2D eigenvalue weighted by molar-refractivity contribution is -0.117. The van der Waals surface area contributed by atoms with E-state index < -0.39 is 0 Å². The van der Waals surface area contributed by atoms with Crippen LogP contribution < -0.4 is 4.90 Å². The van der Waals surface area contributed by atoms with E-state index in [1.165, 1.54) is 0 Å². The predicted molar refractivity (Wildman–Crippen MR) is 48.4 cm³/mol. The molecule has 0 aromatic carbocycles. The number of nitrogens with zero attached hydrogens (tertiary/aromatic N) is 3. The van der Waals surface area contributed by atoms with Crippen molar-refractivity contribution >= 4 is 11.6 Å². The van der Waals surface area contributed by atoms with Crippen LogP contribution in [0.5, 0.6) is 0 Å². The number of aromatic nitrogens is 2. The Kier molecular flexibility index (Phi) is 1.76. The fraction of sp³-hybridized carbons (Fsp3) is 0.444. The minimum atomic E-state index is 0.116. The van der Waals surface area contributed by atoms with E-state index in [2.05, 4.69) is 10.2 Å². The van der Waals surface area contributed by atoms with Crippen LogP contribution in [-0.2, 0) is 11.2 Å². The van der Waals surface area contributed by atoms with Gasteiger partial charge in [0.25, 0.3) is 0 Å². The quantitative estimate of drug-likeness (QED) is 0.636. The molecule has 1 aliphatic rings. The van der Waals surface area contributed by atoms with Crippen molar-refractivity contribution in [3.05, 3.63) is 18.0 Å². The van der Waals surface area contributed by atoms with E-state index in [9.17, 15) is 4.79 Å². The zero-order chi connectivity index (χ0) is 9.42. The Morgan fingerprint density at radius 3 is 3.00 bits per heavy atom. The normalized spacial score (nSPS) is 15.3. The summed E-state index contributed by atoms with van der Waals surface area (Å²) in [4.78, 5) is 13.3. The summed E-state index contributed by atoms with van der Waals surface area (Å²) in [6.45, 7) is 3.99. The maximum Gasteiger partial charge on any atom is 0.233 e. The van der Waals surface area contributed by atoms with Crippen molar-refractivity contribution in [2.75, 3.05) is 4.90 Å². The molecule has 0 saturated heterocycles. The second kappa shape index (κ2) is 2.80. The summed E-state index contributed by atoms with van der Waals surface area (Å²) in [5.41, 5.74) is 1.70. The molecule has 0 atom stereocenters. The summed E-state index contributed by atoms with van der Waals surface area (Å²) in [5, 5.41) is 7.69. The first kappa shape index (κ1) is 8.16. The highest BCUT2D eigenvalue weighted by Crippen LogP contribution is 2.27. The first-order valence-electron chi connectivity index (χ1n) is 4.33. The number of carbonyl (C=O) groups is 1. The lowest BCUT2D eigenvalue weighted by atomic mass is 10.3. The molecule has 1 aromatic heterocycles. The van der Waals surface area contributed by atoms with Gasteiger partial charge in [0.2, 0.25) is 5.91 Å². The molecule has 1 amide bonds. The van der Waals surface area contributed by atoms with Crippen molar-refractivity contribution in [3.63, 3.8) is 0 Å². The number of anilines is 1. The summed E-state index contributed by atoms with van der Waals surface area (Å²) in [6, 6.07) is 2.03. The molecule has 0 N–H and O–H groups in total. The van der Waals surface area contributed by atoms with Crippen molar-refractivity contribution < 1.29 is 4.79 Å². The SMILES string of the molecule is CC(C)N1C(=O)Cc2nnccc21. The van der Waals surface area contributed by atoms with Crippen molar-refractivity contribution in [1.82, 2.24) is 10.2 Å². The van der Waals surface area contributed by atoms with Gasteiger partial charge in [-0.1, -0.05) is 0 Å². The van der Waals surface area contributed by atoms with E-state index in [-0.39, 0.29) is 11.9 Å². The third kappa shape index (κ3) is 1.18. The Balaban J connectivity index is 2.46.